The van der Waals surface area contributed by atoms with E-state index in [1.165, 1.54) is 7.05 Å². The van der Waals surface area contributed by atoms with Crippen LogP contribution in [0.25, 0.3) is 0 Å². The largest absolute Gasteiger partial charge is 0.373 e. The molecule has 1 atom stereocenters. The first kappa shape index (κ1) is 22.3. The van der Waals surface area contributed by atoms with Gasteiger partial charge < -0.3 is 9.88 Å². The van der Waals surface area contributed by atoms with Crippen LogP contribution in [-0.4, -0.2) is 33.6 Å². The molecule has 154 valence electrons. The fraction of sp³-hybridized carbons (Fsp3) is 0.214. The second kappa shape index (κ2) is 7.81. The lowest BCUT2D eigenvalue weighted by Crippen LogP contribution is -2.47. The van der Waals surface area contributed by atoms with Gasteiger partial charge in [0.1, 0.15) is 5.69 Å². The number of hydrogen-bond acceptors (Lipinski definition) is 3. The topological polar surface area (TPSA) is 80.2 Å². The number of nitrogens with zero attached hydrogens (tertiary/aromatic N) is 1. The van der Waals surface area contributed by atoms with Crippen molar-refractivity contribution in [2.75, 3.05) is 5.32 Å². The zero-order valence-electron chi connectivity index (χ0n) is 14.2. The molecule has 0 spiro atoms. The van der Waals surface area contributed by atoms with Gasteiger partial charge in [0.2, 0.25) is 19.0 Å². The first-order chi connectivity index (χ1) is 12.7. The molecule has 0 aliphatic carbocycles. The van der Waals surface area contributed by atoms with Gasteiger partial charge in [-0.25, -0.2) is 21.6 Å². The zero-order chi connectivity index (χ0) is 21.4. The second-order valence-corrected chi connectivity index (χ2v) is 10.7. The molecule has 0 radical (unpaired) electrons. The fourth-order valence-electron chi connectivity index (χ4n) is 2.10. The van der Waals surface area contributed by atoms with Crippen LogP contribution >= 0.6 is 11.6 Å². The van der Waals surface area contributed by atoms with Crippen LogP contribution in [0.15, 0.2) is 29.3 Å². The van der Waals surface area contributed by atoms with E-state index in [1.54, 1.807) is 4.39 Å². The van der Waals surface area contributed by atoms with Crippen LogP contribution in [0.2, 0.25) is 11.6 Å². The number of amides is 1. The van der Waals surface area contributed by atoms with Gasteiger partial charge in [-0.15, -0.1) is 0 Å². The first-order valence-corrected chi connectivity index (χ1v) is 11.6. The number of hydrogen-bond donors (Lipinski definition) is 2. The van der Waals surface area contributed by atoms with Gasteiger partial charge in [-0.1, -0.05) is 18.1 Å². The molecular weight excluding hydrogens is 449 g/mol. The van der Waals surface area contributed by atoms with E-state index >= 15 is 0 Å². The van der Waals surface area contributed by atoms with Crippen LogP contribution in [0.5, 0.6) is 0 Å². The average molecular weight is 462 g/mol. The predicted octanol–water partition coefficient (Wildman–Crippen LogP) is 2.94. The number of halogens is 6. The minimum absolute atomic E-state index is 0.198. The maximum Gasteiger partial charge on any atom is 0.373 e. The molecule has 2 rings (SSSR count). The first-order valence-electron chi connectivity index (χ1n) is 7.43. The van der Waals surface area contributed by atoms with Gasteiger partial charge in [0.25, 0.3) is 5.91 Å². The molecular formula is C14H13ClF5N3O3SSi. The van der Waals surface area contributed by atoms with Crippen LogP contribution in [0.1, 0.15) is 10.5 Å². The molecule has 0 aliphatic heterocycles. The van der Waals surface area contributed by atoms with E-state index in [4.69, 9.17) is 11.6 Å². The Hall–Kier alpha value is -1.96. The van der Waals surface area contributed by atoms with E-state index < -0.39 is 52.2 Å². The molecule has 1 aromatic heterocycles. The number of benzene rings is 1. The number of aromatic nitrogens is 1. The lowest BCUT2D eigenvalue weighted by molar-refractivity contribution is -0.0521. The van der Waals surface area contributed by atoms with Gasteiger partial charge in [0.15, 0.2) is 11.6 Å². The number of sulfonamides is 1. The van der Waals surface area contributed by atoms with E-state index in [0.29, 0.717) is 6.07 Å². The molecule has 0 fully saturated rings. The summed E-state index contributed by atoms with van der Waals surface area (Å²) in [7, 11) is -7.05. The summed E-state index contributed by atoms with van der Waals surface area (Å²) >= 11 is 5.48. The standard InChI is InChI=1S/C14H13ClF5N3O3SSi/c1-23-6-8(27(25,26)22-28(2)14(18,19)20)5-11(23)13(24)21-7-3-9(15)12(17)10(16)4-7/h3-6,22,28H,1-2H3,(H,21,24)/t28-/m0/s1. The Morgan fingerprint density at radius 3 is 2.36 bits per heavy atom. The summed E-state index contributed by atoms with van der Waals surface area (Å²) in [4.78, 5) is 11.7. The highest BCUT2D eigenvalue weighted by Gasteiger charge is 2.40. The molecule has 28 heavy (non-hydrogen) atoms. The van der Waals surface area contributed by atoms with E-state index in [9.17, 15) is 35.2 Å². The van der Waals surface area contributed by atoms with Crippen molar-refractivity contribution < 1.29 is 35.2 Å². The van der Waals surface area contributed by atoms with Crippen LogP contribution in [0.4, 0.5) is 27.6 Å². The zero-order valence-corrected chi connectivity index (χ0v) is 17.0. The van der Waals surface area contributed by atoms with Gasteiger partial charge >= 0.3 is 5.80 Å². The lowest BCUT2D eigenvalue weighted by Gasteiger charge is -2.14. The Morgan fingerprint density at radius 1 is 1.21 bits per heavy atom. The normalized spacial score (nSPS) is 13.4. The summed E-state index contributed by atoms with van der Waals surface area (Å²) in [6.45, 7) is 0.765. The Balaban J connectivity index is 2.27. The third kappa shape index (κ3) is 4.90. The van der Waals surface area contributed by atoms with Crippen molar-refractivity contribution in [3.63, 3.8) is 0 Å². The van der Waals surface area contributed by atoms with Gasteiger partial charge in [-0.05, 0) is 12.1 Å². The smallest absolute Gasteiger partial charge is 0.345 e. The minimum Gasteiger partial charge on any atom is -0.345 e. The minimum atomic E-state index is -4.66. The summed E-state index contributed by atoms with van der Waals surface area (Å²) in [6.07, 6.45) is 0.951. The molecule has 0 unspecified atom stereocenters. The van der Waals surface area contributed by atoms with Gasteiger partial charge in [-0.2, -0.15) is 13.2 Å². The average Bonchev–Trinajstić information content (AvgIpc) is 2.94. The molecule has 1 amide bonds. The molecule has 2 N–H and O–H groups in total. The second-order valence-electron chi connectivity index (χ2n) is 5.76. The van der Waals surface area contributed by atoms with Crippen molar-refractivity contribution >= 4 is 42.2 Å². The van der Waals surface area contributed by atoms with Crippen molar-refractivity contribution in [2.45, 2.75) is 17.2 Å². The third-order valence-corrected chi connectivity index (χ3v) is 8.34. The van der Waals surface area contributed by atoms with E-state index in [2.05, 4.69) is 5.32 Å². The number of nitrogens with one attached hydrogen (secondary N) is 2. The lowest BCUT2D eigenvalue weighted by atomic mass is 10.3. The van der Waals surface area contributed by atoms with E-state index in [-0.39, 0.29) is 11.4 Å². The number of alkyl halides is 3. The monoisotopic (exact) mass is 461 g/mol. The highest BCUT2D eigenvalue weighted by molar-refractivity contribution is 7.90. The molecule has 0 saturated carbocycles. The number of rotatable bonds is 5. The maximum absolute atomic E-state index is 13.4. The molecule has 0 aliphatic rings. The molecule has 1 aromatic carbocycles. The van der Waals surface area contributed by atoms with E-state index in [1.807, 2.05) is 0 Å². The Bertz CT molecular complexity index is 1000. The third-order valence-electron chi connectivity index (χ3n) is 3.59. The van der Waals surface area contributed by atoms with Crippen molar-refractivity contribution in [1.82, 2.24) is 8.95 Å². The predicted molar refractivity (Wildman–Crippen MR) is 94.1 cm³/mol. The van der Waals surface area contributed by atoms with Gasteiger partial charge in [-0.3, -0.25) is 4.79 Å². The molecule has 0 bridgehead atoms. The van der Waals surface area contributed by atoms with Crippen LogP contribution in [0.3, 0.4) is 0 Å². The van der Waals surface area contributed by atoms with Crippen molar-refractivity contribution in [3.05, 3.63) is 46.7 Å². The number of anilines is 1. The van der Waals surface area contributed by atoms with Crippen molar-refractivity contribution in [2.24, 2.45) is 7.05 Å². The molecule has 14 heteroatoms. The van der Waals surface area contributed by atoms with Crippen LogP contribution in [-0.2, 0) is 17.1 Å². The Labute approximate surface area is 163 Å². The van der Waals surface area contributed by atoms with E-state index in [0.717, 1.165) is 29.4 Å². The number of aryl methyl sites for hydroxylation is 1. The van der Waals surface area contributed by atoms with Crippen LogP contribution < -0.4 is 9.70 Å². The Kier molecular flexibility index (Phi) is 6.23. The summed E-state index contributed by atoms with van der Waals surface area (Å²) in [5.74, 6) is -8.19. The summed E-state index contributed by atoms with van der Waals surface area (Å²) < 4.78 is 91.4. The maximum atomic E-state index is 13.4. The van der Waals surface area contributed by atoms with Gasteiger partial charge in [0.05, 0.1) is 9.92 Å². The quantitative estimate of drug-likeness (QED) is 0.408. The Morgan fingerprint density at radius 2 is 1.82 bits per heavy atom. The summed E-state index contributed by atoms with van der Waals surface area (Å²) in [5.41, 5.74) is -0.446. The fourth-order valence-corrected chi connectivity index (χ4v) is 5.81. The molecule has 6 nitrogen and oxygen atoms in total. The van der Waals surface area contributed by atoms with Crippen molar-refractivity contribution in [3.8, 4) is 0 Å². The van der Waals surface area contributed by atoms with Crippen molar-refractivity contribution in [1.29, 1.82) is 0 Å². The molecule has 1 heterocycles. The number of carbonyl (C=O) groups excluding carboxylic acids is 1. The highest BCUT2D eigenvalue weighted by atomic mass is 35.5. The highest BCUT2D eigenvalue weighted by Crippen LogP contribution is 2.24. The SMILES string of the molecule is Cn1cc(S(=O)(=O)N[Si@@H](C)C(F)(F)F)cc1C(=O)Nc1cc(F)c(F)c(Cl)c1. The summed E-state index contributed by atoms with van der Waals surface area (Å²) in [5, 5.41) is 1.62. The molecule has 0 saturated heterocycles. The van der Waals surface area contributed by atoms with Crippen LogP contribution in [0, 0.1) is 11.6 Å². The molecule has 2 aromatic rings. The summed E-state index contributed by atoms with van der Waals surface area (Å²) in [6, 6.07) is 2.46. The van der Waals surface area contributed by atoms with Gasteiger partial charge in [0, 0.05) is 25.0 Å². The number of carbonyl (C=O) groups is 1.